The molecule has 32 heavy (non-hydrogen) atoms. The van der Waals surface area contributed by atoms with E-state index in [1.165, 1.54) is 5.56 Å². The summed E-state index contributed by atoms with van der Waals surface area (Å²) in [5.41, 5.74) is 1.93. The second-order valence-electron chi connectivity index (χ2n) is 7.43. The van der Waals surface area contributed by atoms with E-state index in [2.05, 4.69) is 0 Å². The highest BCUT2D eigenvalue weighted by Gasteiger charge is 2.19. The molecule has 4 aromatic rings. The van der Waals surface area contributed by atoms with Gasteiger partial charge in [-0.2, -0.15) is 0 Å². The van der Waals surface area contributed by atoms with Crippen LogP contribution < -0.4 is 14.9 Å². The van der Waals surface area contributed by atoms with Gasteiger partial charge in [0.1, 0.15) is 11.3 Å². The van der Waals surface area contributed by atoms with Crippen LogP contribution in [0.3, 0.4) is 0 Å². The van der Waals surface area contributed by atoms with Gasteiger partial charge in [-0.3, -0.25) is 4.79 Å². The van der Waals surface area contributed by atoms with Crippen LogP contribution in [0, 0.1) is 6.92 Å². The molecule has 164 valence electrons. The molecule has 0 fully saturated rings. The average molecular weight is 469 g/mol. The average Bonchev–Trinajstić information content (AvgIpc) is 2.79. The molecule has 1 heterocycles. The Bertz CT molecular complexity index is 1280. The second kappa shape index (κ2) is 10.1. The van der Waals surface area contributed by atoms with E-state index in [1.807, 2.05) is 43.3 Å². The Balaban J connectivity index is 1.51. The van der Waals surface area contributed by atoms with Gasteiger partial charge in [-0.15, -0.1) is 0 Å². The van der Waals surface area contributed by atoms with Crippen LogP contribution in [0.1, 0.15) is 18.4 Å². The molecule has 4 nitrogen and oxygen atoms in total. The molecular weight excluding hydrogens is 447 g/mol. The molecule has 3 aromatic carbocycles. The molecule has 0 radical (unpaired) electrons. The zero-order valence-corrected chi connectivity index (χ0v) is 19.1. The maximum absolute atomic E-state index is 13.2. The van der Waals surface area contributed by atoms with Crippen LogP contribution >= 0.6 is 23.2 Å². The van der Waals surface area contributed by atoms with Crippen molar-refractivity contribution in [3.8, 4) is 22.8 Å². The van der Waals surface area contributed by atoms with Gasteiger partial charge in [-0.1, -0.05) is 53.0 Å². The number of ether oxygens (including phenoxy) is 2. The zero-order chi connectivity index (χ0) is 22.5. The summed E-state index contributed by atoms with van der Waals surface area (Å²) in [6, 6.07) is 20.1. The fraction of sp³-hybridized carbons (Fsp3) is 0.192. The first-order chi connectivity index (χ1) is 15.5. The third kappa shape index (κ3) is 5.09. The Morgan fingerprint density at radius 1 is 0.875 bits per heavy atom. The van der Waals surface area contributed by atoms with Crippen molar-refractivity contribution >= 4 is 34.2 Å². The molecular formula is C26H22Cl2O4. The lowest BCUT2D eigenvalue weighted by atomic mass is 10.1. The summed E-state index contributed by atoms with van der Waals surface area (Å²) < 4.78 is 17.7. The molecule has 0 aliphatic rings. The van der Waals surface area contributed by atoms with Crippen molar-refractivity contribution in [2.24, 2.45) is 0 Å². The van der Waals surface area contributed by atoms with Gasteiger partial charge in [0.15, 0.2) is 5.76 Å². The molecule has 1 aromatic heterocycles. The summed E-state index contributed by atoms with van der Waals surface area (Å²) in [6.07, 6.45) is 1.49. The maximum Gasteiger partial charge on any atom is 0.235 e. The molecule has 0 saturated carbocycles. The molecule has 4 rings (SSSR count). The number of fused-ring (bicyclic) bond motifs is 1. The molecule has 6 heteroatoms. The lowest BCUT2D eigenvalue weighted by Gasteiger charge is -2.13. The van der Waals surface area contributed by atoms with E-state index in [4.69, 9.17) is 37.1 Å². The number of rotatable bonds is 8. The molecule has 0 atom stereocenters. The summed E-state index contributed by atoms with van der Waals surface area (Å²) in [4.78, 5) is 13.2. The number of hydrogen-bond donors (Lipinski definition) is 0. The van der Waals surface area contributed by atoms with Crippen molar-refractivity contribution in [2.45, 2.75) is 19.8 Å². The third-order valence-electron chi connectivity index (χ3n) is 5.00. The smallest absolute Gasteiger partial charge is 0.235 e. The molecule has 0 amide bonds. The summed E-state index contributed by atoms with van der Waals surface area (Å²) >= 11 is 12.5. The molecule has 0 aliphatic heterocycles. The predicted octanol–water partition coefficient (Wildman–Crippen LogP) is 7.31. The minimum Gasteiger partial charge on any atom is -0.494 e. The molecule has 0 aliphatic carbocycles. The topological polar surface area (TPSA) is 48.7 Å². The van der Waals surface area contributed by atoms with Crippen molar-refractivity contribution in [1.29, 1.82) is 0 Å². The van der Waals surface area contributed by atoms with Crippen molar-refractivity contribution < 1.29 is 13.9 Å². The van der Waals surface area contributed by atoms with Gasteiger partial charge in [0.25, 0.3) is 0 Å². The Morgan fingerprint density at radius 2 is 1.59 bits per heavy atom. The molecule has 0 spiro atoms. The highest BCUT2D eigenvalue weighted by atomic mass is 35.5. The normalized spacial score (nSPS) is 11.0. The molecule has 0 N–H and O–H groups in total. The number of hydrogen-bond acceptors (Lipinski definition) is 4. The Labute approximate surface area is 196 Å². The molecule has 0 unspecified atom stereocenters. The van der Waals surface area contributed by atoms with Crippen LogP contribution in [-0.4, -0.2) is 13.2 Å². The van der Waals surface area contributed by atoms with Gasteiger partial charge >= 0.3 is 0 Å². The Hall–Kier alpha value is -2.95. The third-order valence-corrected chi connectivity index (χ3v) is 5.57. The number of benzene rings is 3. The fourth-order valence-corrected chi connectivity index (χ4v) is 3.70. The minimum atomic E-state index is -0.278. The van der Waals surface area contributed by atoms with E-state index in [-0.39, 0.29) is 11.2 Å². The highest BCUT2D eigenvalue weighted by Crippen LogP contribution is 2.35. The van der Waals surface area contributed by atoms with Crippen LogP contribution in [-0.2, 0) is 0 Å². The Kier molecular flexibility index (Phi) is 7.03. The molecule has 0 saturated heterocycles. The first-order valence-electron chi connectivity index (χ1n) is 10.4. The lowest BCUT2D eigenvalue weighted by Crippen LogP contribution is -2.12. The molecule has 0 bridgehead atoms. The largest absolute Gasteiger partial charge is 0.494 e. The van der Waals surface area contributed by atoms with Gasteiger partial charge in [0.2, 0.25) is 11.2 Å². The quantitative estimate of drug-likeness (QED) is 0.254. The van der Waals surface area contributed by atoms with Crippen molar-refractivity contribution in [3.63, 3.8) is 0 Å². The van der Waals surface area contributed by atoms with Gasteiger partial charge in [0.05, 0.1) is 23.6 Å². The summed E-state index contributed by atoms with van der Waals surface area (Å²) in [7, 11) is 0. The van der Waals surface area contributed by atoms with E-state index < -0.39 is 0 Å². The lowest BCUT2D eigenvalue weighted by molar-refractivity contribution is 0.263. The van der Waals surface area contributed by atoms with Crippen molar-refractivity contribution in [3.05, 3.63) is 92.6 Å². The maximum atomic E-state index is 13.2. The number of aryl methyl sites for hydroxylation is 1. The summed E-state index contributed by atoms with van der Waals surface area (Å²) in [6.45, 7) is 2.94. The van der Waals surface area contributed by atoms with E-state index in [0.717, 1.165) is 12.2 Å². The number of halogens is 2. The minimum absolute atomic E-state index is 0.132. The first-order valence-corrected chi connectivity index (χ1v) is 11.1. The highest BCUT2D eigenvalue weighted by molar-refractivity contribution is 6.33. The monoisotopic (exact) mass is 468 g/mol. The van der Waals surface area contributed by atoms with Gasteiger partial charge in [0, 0.05) is 10.6 Å². The van der Waals surface area contributed by atoms with Crippen molar-refractivity contribution in [1.82, 2.24) is 0 Å². The summed E-state index contributed by atoms with van der Waals surface area (Å²) in [5.74, 6) is 1.28. The zero-order valence-electron chi connectivity index (χ0n) is 17.6. The summed E-state index contributed by atoms with van der Waals surface area (Å²) in [5, 5.41) is 1.29. The predicted molar refractivity (Wildman–Crippen MR) is 129 cm³/mol. The number of unbranched alkanes of at least 4 members (excludes halogenated alkanes) is 1. The van der Waals surface area contributed by atoms with Crippen LogP contribution in [0.25, 0.3) is 22.3 Å². The van der Waals surface area contributed by atoms with E-state index in [9.17, 15) is 4.79 Å². The standard InChI is InChI=1S/C26H22Cl2O4/c1-17-8-11-19(12-9-17)30-14-4-5-15-31-26-24(29)21-16-18(27)10-13-23(21)32-25(26)20-6-2-3-7-22(20)28/h2-3,6-13,16H,4-5,14-15H2,1H3. The van der Waals surface area contributed by atoms with Crippen LogP contribution in [0.4, 0.5) is 0 Å². The van der Waals surface area contributed by atoms with Gasteiger partial charge < -0.3 is 13.9 Å². The first kappa shape index (κ1) is 22.3. The van der Waals surface area contributed by atoms with E-state index in [1.54, 1.807) is 30.3 Å². The van der Waals surface area contributed by atoms with Gasteiger partial charge in [-0.05, 0) is 62.2 Å². The van der Waals surface area contributed by atoms with Crippen LogP contribution in [0.5, 0.6) is 11.5 Å². The van der Waals surface area contributed by atoms with Crippen molar-refractivity contribution in [2.75, 3.05) is 13.2 Å². The fourth-order valence-electron chi connectivity index (χ4n) is 3.31. The van der Waals surface area contributed by atoms with Gasteiger partial charge in [-0.25, -0.2) is 0 Å². The van der Waals surface area contributed by atoms with Crippen LogP contribution in [0.2, 0.25) is 10.0 Å². The van der Waals surface area contributed by atoms with E-state index in [0.29, 0.717) is 52.0 Å². The SMILES string of the molecule is Cc1ccc(OCCCCOc2c(-c3ccccc3Cl)oc3ccc(Cl)cc3c2=O)cc1. The second-order valence-corrected chi connectivity index (χ2v) is 8.27. The van der Waals surface area contributed by atoms with E-state index >= 15 is 0 Å². The Morgan fingerprint density at radius 3 is 2.34 bits per heavy atom. The van der Waals surface area contributed by atoms with Crippen LogP contribution in [0.15, 0.2) is 75.9 Å².